The number of β-amino-alcohol motifs (C(OH)–C–C–N with tert-alkyl or cyclic N) is 1. The molecule has 6 heterocycles. The molecule has 0 aromatic carbocycles. The van der Waals surface area contributed by atoms with Crippen molar-refractivity contribution in [2.75, 3.05) is 54.0 Å². The highest BCUT2D eigenvalue weighted by Crippen LogP contribution is 2.24. The molecule has 0 unspecified atom stereocenters. The van der Waals surface area contributed by atoms with Gasteiger partial charge in [0.05, 0.1) is 41.2 Å². The molecule has 36 heteroatoms. The van der Waals surface area contributed by atoms with E-state index < -0.39 is 101 Å². The average molecular weight is 1320 g/mol. The van der Waals surface area contributed by atoms with Gasteiger partial charge in [-0.1, -0.05) is 0 Å². The number of hydrogen-bond acceptors (Lipinski definition) is 17. The first-order valence-corrected chi connectivity index (χ1v) is 30.8. The van der Waals surface area contributed by atoms with Crippen LogP contribution in [0.4, 0.5) is 22.7 Å². The number of anilines is 4. The van der Waals surface area contributed by atoms with Crippen LogP contribution in [0, 0.1) is 0 Å². The van der Waals surface area contributed by atoms with Gasteiger partial charge < -0.3 is 122 Å². The Kier molecular flexibility index (Phi) is 27.0. The molecule has 5 aromatic heterocycles. The van der Waals surface area contributed by atoms with Crippen molar-refractivity contribution in [2.24, 2.45) is 84.0 Å². The second kappa shape index (κ2) is 34.9. The van der Waals surface area contributed by atoms with Gasteiger partial charge in [0.15, 0.2) is 11.9 Å². The van der Waals surface area contributed by atoms with E-state index in [0.717, 1.165) is 0 Å². The number of aliphatic hydroxyl groups is 1. The van der Waals surface area contributed by atoms with E-state index in [2.05, 4.69) is 62.5 Å². The zero-order valence-corrected chi connectivity index (χ0v) is 53.6. The summed E-state index contributed by atoms with van der Waals surface area (Å²) in [6.45, 7) is 0.766. The summed E-state index contributed by atoms with van der Waals surface area (Å²) in [6, 6.07) is -1.15. The molecule has 0 bridgehead atoms. The van der Waals surface area contributed by atoms with E-state index in [0.29, 0.717) is 50.9 Å². The van der Waals surface area contributed by atoms with Gasteiger partial charge in [0, 0.05) is 97.3 Å². The number of imidazole rings is 1. The van der Waals surface area contributed by atoms with Crippen LogP contribution in [0.25, 0.3) is 0 Å². The number of aryl methyl sites for hydroxylation is 4. The van der Waals surface area contributed by atoms with Crippen molar-refractivity contribution in [1.29, 1.82) is 0 Å². The highest BCUT2D eigenvalue weighted by Gasteiger charge is 2.42. The third-order valence-electron chi connectivity index (χ3n) is 15.5. The molecule has 516 valence electrons. The normalized spacial score (nSPS) is 15.1. The number of rotatable bonds is 36. The summed E-state index contributed by atoms with van der Waals surface area (Å²) in [5.41, 5.74) is 47.0. The predicted octanol–water partition coefficient (Wildman–Crippen LogP) is -3.61. The first-order valence-electron chi connectivity index (χ1n) is 30.8. The van der Waals surface area contributed by atoms with Crippen LogP contribution in [-0.2, 0) is 63.4 Å². The number of nitrogens with zero attached hydrogens (tertiary/aromatic N) is 8. The number of H-pyrrole nitrogens is 1. The molecule has 0 radical (unpaired) electrons. The Labute approximate surface area is 546 Å². The van der Waals surface area contributed by atoms with Gasteiger partial charge in [-0.25, -0.2) is 4.98 Å². The molecule has 1 fully saturated rings. The zero-order chi connectivity index (χ0) is 69.6. The lowest BCUT2D eigenvalue weighted by Crippen LogP contribution is -2.57. The number of carbonyl (C=O) groups excluding carboxylic acids is 10. The number of nitrogens with one attached hydrogen (secondary N) is 9. The Balaban J connectivity index is 1.06. The van der Waals surface area contributed by atoms with Crippen LogP contribution in [-0.4, -0.2) is 184 Å². The van der Waals surface area contributed by atoms with E-state index in [9.17, 15) is 53.1 Å². The second-order valence-corrected chi connectivity index (χ2v) is 23.1. The average Bonchev–Trinajstić information content (AvgIpc) is 1.71. The molecule has 0 aliphatic carbocycles. The minimum absolute atomic E-state index is 0.000405. The Morgan fingerprint density at radius 3 is 1.40 bits per heavy atom. The Bertz CT molecular complexity index is 3580. The van der Waals surface area contributed by atoms with E-state index in [1.54, 1.807) is 28.2 Å². The highest BCUT2D eigenvalue weighted by molar-refractivity contribution is 6.09. The van der Waals surface area contributed by atoms with Crippen LogP contribution in [0.15, 0.2) is 71.6 Å². The number of amides is 10. The quantitative estimate of drug-likeness (QED) is 0.0105. The van der Waals surface area contributed by atoms with E-state index in [1.165, 1.54) is 84.7 Å². The number of unbranched alkanes of at least 4 members (excludes halogenated alkanes) is 2. The van der Waals surface area contributed by atoms with Gasteiger partial charge in [-0.3, -0.25) is 57.9 Å². The zero-order valence-electron chi connectivity index (χ0n) is 53.6. The van der Waals surface area contributed by atoms with Gasteiger partial charge in [0.25, 0.3) is 23.6 Å². The van der Waals surface area contributed by atoms with Crippen molar-refractivity contribution in [3.8, 4) is 0 Å². The number of aromatic nitrogens is 6. The molecule has 0 spiro atoms. The SMILES string of the molecule is Cn1cc(NC(=O)c2cc(NC(=O)[C@H](CCCCN)NC(=O)[C@H](CCCN=C(N)N)NC(=O)[C@@H]3C[C@@H](O)CN3C(=O)[C@@H](N)Cc3cnc[nH]3)cn2C)cc1C(=O)Nc1cc(C(=O)Nc2cc(C(=O)N[C@@H](CCCCN)C(=O)N[C@@H](CCCN=C(N)N)C(N)=O)n(C)c2)n(C)c1. The number of aromatic amines is 1. The smallest absolute Gasteiger partial charge is 0.272 e. The van der Waals surface area contributed by atoms with Crippen molar-refractivity contribution in [3.63, 3.8) is 0 Å². The summed E-state index contributed by atoms with van der Waals surface area (Å²) < 4.78 is 5.86. The summed E-state index contributed by atoms with van der Waals surface area (Å²) >= 11 is 0. The number of likely N-dealkylation sites (tertiary alicyclic amines) is 1. The summed E-state index contributed by atoms with van der Waals surface area (Å²) in [7, 11) is 6.31. The van der Waals surface area contributed by atoms with Crippen LogP contribution < -0.4 is 88.4 Å². The molecule has 6 rings (SSSR count). The highest BCUT2D eigenvalue weighted by atomic mass is 16.3. The fraction of sp³-hybridized carbons (Fsp3) is 0.475. The number of aliphatic hydroxyl groups excluding tert-OH is 1. The molecule has 10 amide bonds. The van der Waals surface area contributed by atoms with Gasteiger partial charge in [-0.05, 0) is 102 Å². The van der Waals surface area contributed by atoms with Gasteiger partial charge in [0.2, 0.25) is 35.4 Å². The fourth-order valence-corrected chi connectivity index (χ4v) is 10.6. The Morgan fingerprint density at radius 1 is 0.558 bits per heavy atom. The van der Waals surface area contributed by atoms with Crippen molar-refractivity contribution in [1.82, 2.24) is 54.4 Å². The number of carbonyl (C=O) groups is 10. The van der Waals surface area contributed by atoms with E-state index in [1.807, 2.05) is 0 Å². The number of hydrogen-bond donors (Lipinski definition) is 18. The largest absolute Gasteiger partial charge is 0.391 e. The van der Waals surface area contributed by atoms with Crippen LogP contribution in [0.5, 0.6) is 0 Å². The third kappa shape index (κ3) is 21.5. The van der Waals surface area contributed by atoms with E-state index in [-0.39, 0.29) is 122 Å². The van der Waals surface area contributed by atoms with Crippen LogP contribution >= 0.6 is 0 Å². The van der Waals surface area contributed by atoms with E-state index in [4.69, 9.17) is 45.9 Å². The maximum atomic E-state index is 14.2. The Hall–Kier alpha value is -10.6. The molecular formula is C59H89N25O11. The van der Waals surface area contributed by atoms with Crippen LogP contribution in [0.1, 0.15) is 118 Å². The van der Waals surface area contributed by atoms with Gasteiger partial charge in [0.1, 0.15) is 53.0 Å². The maximum absolute atomic E-state index is 14.2. The predicted molar refractivity (Wildman–Crippen MR) is 352 cm³/mol. The molecule has 1 aliphatic rings. The van der Waals surface area contributed by atoms with Crippen LogP contribution in [0.2, 0.25) is 0 Å². The maximum Gasteiger partial charge on any atom is 0.272 e. The minimum atomic E-state index is -1.27. The van der Waals surface area contributed by atoms with Crippen LogP contribution in [0.3, 0.4) is 0 Å². The first kappa shape index (κ1) is 73.5. The topological polar surface area (TPSA) is 572 Å². The summed E-state index contributed by atoms with van der Waals surface area (Å²) in [4.78, 5) is 152. The number of primary amides is 1. The standard InChI is InChI=1S/C59H89N25O11/c1-80-26-33(72-49(87)40(11-5-7-15-60)77-51(89)42(14-10-18-70-59(66)67)79-56(94)47-24-37(85)30-84(47)57(95)38(62)19-32-25-68-31-71-32)20-43(80)52(90)73-34-21-44(81(2)27-34)53(91)74-35-22-45(82(3)28-35)54(92)75-36-23-46(83(4)29-36)55(93)78-41(12-6-8-16-61)50(88)76-39(48(63)86)13-9-17-69-58(64)65/h20-23,25-29,31,37-42,47,85H,5-19,24,30,60-62H2,1-4H3,(H2,63,86)(H,68,71)(H,72,87)(H,73,90)(H,74,91)(H,75,92)(H,76,88)(H,77,89)(H,78,93)(H,79,94)(H4,64,65,69)(H4,66,67,70)/t37-,38+,39+,40+,41+,42+,47+/m1/s1. The van der Waals surface area contributed by atoms with Crippen molar-refractivity contribution >= 4 is 93.7 Å². The first-order chi connectivity index (χ1) is 45.2. The molecule has 1 saturated heterocycles. The Morgan fingerprint density at radius 2 is 0.968 bits per heavy atom. The lowest BCUT2D eigenvalue weighted by atomic mass is 10.0. The minimum Gasteiger partial charge on any atom is -0.391 e. The molecule has 95 heavy (non-hydrogen) atoms. The lowest BCUT2D eigenvalue weighted by Gasteiger charge is -2.28. The summed E-state index contributed by atoms with van der Waals surface area (Å²) in [6.07, 6.45) is 10.8. The van der Waals surface area contributed by atoms with Gasteiger partial charge in [-0.2, -0.15) is 0 Å². The third-order valence-corrected chi connectivity index (χ3v) is 15.5. The summed E-state index contributed by atoms with van der Waals surface area (Å²) in [5.74, 6) is -6.93. The molecule has 26 N–H and O–H groups in total. The molecule has 36 nitrogen and oxygen atoms in total. The number of nitrogens with two attached hydrogens (primary N) is 8. The number of guanidine groups is 2. The summed E-state index contributed by atoms with van der Waals surface area (Å²) in [5, 5.41) is 32.5. The molecule has 7 atom stereocenters. The number of aliphatic imine (C=N–C) groups is 2. The van der Waals surface area contributed by atoms with Crippen molar-refractivity contribution < 1.29 is 53.1 Å². The molecular weight excluding hydrogens is 1230 g/mol. The fourth-order valence-electron chi connectivity index (χ4n) is 10.6. The molecule has 0 saturated carbocycles. The monoisotopic (exact) mass is 1320 g/mol. The molecule has 1 aliphatic heterocycles. The molecule has 5 aromatic rings. The van der Waals surface area contributed by atoms with Crippen molar-refractivity contribution in [2.45, 2.75) is 119 Å². The van der Waals surface area contributed by atoms with E-state index >= 15 is 0 Å². The van der Waals surface area contributed by atoms with Crippen molar-refractivity contribution in [3.05, 3.63) is 90.0 Å². The second-order valence-electron chi connectivity index (χ2n) is 23.1. The van der Waals surface area contributed by atoms with Gasteiger partial charge >= 0.3 is 0 Å². The van der Waals surface area contributed by atoms with Gasteiger partial charge in [-0.15, -0.1) is 0 Å². The lowest BCUT2D eigenvalue weighted by molar-refractivity contribution is -0.140.